The minimum absolute atomic E-state index is 0.143. The SMILES string of the molecule is CCC1=Cc2c(cnn2-c2ccc(F)cc2)C(C(=O)NCc2ccc(CCC3CCNC(=O)C3)cc2)=CC1. The number of amides is 2. The van der Waals surface area contributed by atoms with Gasteiger partial charge < -0.3 is 10.6 Å². The summed E-state index contributed by atoms with van der Waals surface area (Å²) in [5.74, 6) is 0.168. The predicted molar refractivity (Wildman–Crippen MR) is 147 cm³/mol. The number of carbonyl (C=O) groups excluding carboxylic acids is 2. The van der Waals surface area contributed by atoms with Crippen LogP contribution in [-0.2, 0) is 22.6 Å². The van der Waals surface area contributed by atoms with E-state index in [4.69, 9.17) is 0 Å². The fourth-order valence-corrected chi connectivity index (χ4v) is 5.12. The average molecular weight is 513 g/mol. The van der Waals surface area contributed by atoms with Crippen molar-refractivity contribution in [3.05, 3.63) is 94.6 Å². The smallest absolute Gasteiger partial charge is 0.251 e. The highest BCUT2D eigenvalue weighted by atomic mass is 19.1. The van der Waals surface area contributed by atoms with E-state index in [-0.39, 0.29) is 17.6 Å². The monoisotopic (exact) mass is 512 g/mol. The summed E-state index contributed by atoms with van der Waals surface area (Å²) < 4.78 is 15.2. The Balaban J connectivity index is 1.24. The van der Waals surface area contributed by atoms with Crippen molar-refractivity contribution in [3.8, 4) is 5.69 Å². The molecule has 0 bridgehead atoms. The highest BCUT2D eigenvalue weighted by molar-refractivity contribution is 6.20. The number of nitrogens with zero attached hydrogens (tertiary/aromatic N) is 2. The molecule has 2 aliphatic rings. The average Bonchev–Trinajstić information content (AvgIpc) is 3.24. The van der Waals surface area contributed by atoms with Crippen LogP contribution in [0, 0.1) is 11.7 Å². The standard InChI is InChI=1S/C31H33FN4O2/c1-2-21-9-14-27(28-20-35-36(29(28)17-21)26-12-10-25(32)11-13-26)31(38)34-19-24-7-4-22(5-8-24)3-6-23-15-16-33-30(37)18-23/h4-5,7-8,10-14,17,20,23H,2-3,6,9,15-16,18-19H2,1H3,(H,33,37)(H,34,38). The van der Waals surface area contributed by atoms with Gasteiger partial charge in [-0.2, -0.15) is 5.10 Å². The van der Waals surface area contributed by atoms with Gasteiger partial charge in [0, 0.05) is 30.6 Å². The predicted octanol–water partition coefficient (Wildman–Crippen LogP) is 5.37. The van der Waals surface area contributed by atoms with Gasteiger partial charge in [0.15, 0.2) is 0 Å². The summed E-state index contributed by atoms with van der Waals surface area (Å²) >= 11 is 0. The fraction of sp³-hybridized carbons (Fsp3) is 0.323. The highest BCUT2D eigenvalue weighted by Crippen LogP contribution is 2.30. The first kappa shape index (κ1) is 25.6. The summed E-state index contributed by atoms with van der Waals surface area (Å²) in [5, 5.41) is 10.5. The van der Waals surface area contributed by atoms with Gasteiger partial charge in [0.25, 0.3) is 5.91 Å². The zero-order chi connectivity index (χ0) is 26.5. The summed E-state index contributed by atoms with van der Waals surface area (Å²) in [6.07, 6.45) is 11.0. The molecule has 2 aromatic carbocycles. The molecule has 1 aliphatic heterocycles. The maximum atomic E-state index is 13.5. The van der Waals surface area contributed by atoms with E-state index in [9.17, 15) is 14.0 Å². The first-order valence-corrected chi connectivity index (χ1v) is 13.4. The molecule has 1 fully saturated rings. The molecule has 1 aliphatic carbocycles. The van der Waals surface area contributed by atoms with Gasteiger partial charge in [0.1, 0.15) is 5.82 Å². The number of allylic oxidation sites excluding steroid dienone is 2. The minimum atomic E-state index is -0.303. The third-order valence-electron chi connectivity index (χ3n) is 7.44. The Hall–Kier alpha value is -4.00. The van der Waals surface area contributed by atoms with Crippen molar-refractivity contribution in [1.29, 1.82) is 0 Å². The number of aromatic nitrogens is 2. The van der Waals surface area contributed by atoms with E-state index in [1.807, 2.05) is 6.08 Å². The first-order valence-electron chi connectivity index (χ1n) is 13.4. The van der Waals surface area contributed by atoms with Gasteiger partial charge in [-0.1, -0.05) is 42.8 Å². The molecular weight excluding hydrogens is 479 g/mol. The van der Waals surface area contributed by atoms with E-state index in [1.54, 1.807) is 23.0 Å². The van der Waals surface area contributed by atoms with E-state index in [0.29, 0.717) is 30.9 Å². The van der Waals surface area contributed by atoms with Crippen molar-refractivity contribution >= 4 is 23.5 Å². The van der Waals surface area contributed by atoms with Gasteiger partial charge in [-0.3, -0.25) is 9.59 Å². The molecule has 1 atom stereocenters. The Morgan fingerprint density at radius 2 is 1.89 bits per heavy atom. The topological polar surface area (TPSA) is 76.0 Å². The minimum Gasteiger partial charge on any atom is -0.356 e. The molecule has 1 unspecified atom stereocenters. The van der Waals surface area contributed by atoms with Crippen LogP contribution in [0.4, 0.5) is 4.39 Å². The number of benzene rings is 2. The van der Waals surface area contributed by atoms with Crippen LogP contribution in [0.5, 0.6) is 0 Å². The maximum Gasteiger partial charge on any atom is 0.251 e. The van der Waals surface area contributed by atoms with Crippen LogP contribution in [0.1, 0.15) is 61.4 Å². The number of nitrogens with one attached hydrogen (secondary N) is 2. The molecule has 1 aromatic heterocycles. The Labute approximate surface area is 222 Å². The summed E-state index contributed by atoms with van der Waals surface area (Å²) in [6.45, 7) is 3.30. The second-order valence-corrected chi connectivity index (χ2v) is 10.1. The van der Waals surface area contributed by atoms with Crippen LogP contribution in [0.3, 0.4) is 0 Å². The molecule has 5 rings (SSSR count). The third-order valence-corrected chi connectivity index (χ3v) is 7.44. The van der Waals surface area contributed by atoms with Crippen LogP contribution >= 0.6 is 0 Å². The van der Waals surface area contributed by atoms with Crippen LogP contribution in [0.25, 0.3) is 17.3 Å². The van der Waals surface area contributed by atoms with Gasteiger partial charge in [0.2, 0.25) is 5.91 Å². The van der Waals surface area contributed by atoms with Crippen molar-refractivity contribution in [2.24, 2.45) is 5.92 Å². The summed E-state index contributed by atoms with van der Waals surface area (Å²) in [6, 6.07) is 14.5. The first-order chi connectivity index (χ1) is 18.5. The molecule has 2 N–H and O–H groups in total. The molecule has 38 heavy (non-hydrogen) atoms. The molecule has 0 saturated carbocycles. The number of rotatable bonds is 8. The summed E-state index contributed by atoms with van der Waals surface area (Å²) in [5.41, 5.74) is 6.40. The molecule has 2 amide bonds. The van der Waals surface area contributed by atoms with E-state index in [2.05, 4.69) is 53.0 Å². The van der Waals surface area contributed by atoms with E-state index in [0.717, 1.165) is 54.7 Å². The van der Waals surface area contributed by atoms with Crippen LogP contribution in [0.2, 0.25) is 0 Å². The molecule has 196 valence electrons. The zero-order valence-corrected chi connectivity index (χ0v) is 21.7. The second kappa shape index (κ2) is 11.6. The summed E-state index contributed by atoms with van der Waals surface area (Å²) in [7, 11) is 0. The largest absolute Gasteiger partial charge is 0.356 e. The number of fused-ring (bicyclic) bond motifs is 1. The van der Waals surface area contributed by atoms with Crippen LogP contribution < -0.4 is 10.6 Å². The van der Waals surface area contributed by atoms with Crippen molar-refractivity contribution in [1.82, 2.24) is 20.4 Å². The summed E-state index contributed by atoms with van der Waals surface area (Å²) in [4.78, 5) is 24.9. The second-order valence-electron chi connectivity index (χ2n) is 10.1. The molecule has 0 radical (unpaired) electrons. The lowest BCUT2D eigenvalue weighted by atomic mass is 9.91. The van der Waals surface area contributed by atoms with Crippen molar-refractivity contribution in [3.63, 3.8) is 0 Å². The molecule has 0 spiro atoms. The zero-order valence-electron chi connectivity index (χ0n) is 21.7. The number of carbonyl (C=O) groups is 2. The Kier molecular flexibility index (Phi) is 7.82. The van der Waals surface area contributed by atoms with E-state index in [1.165, 1.54) is 23.3 Å². The van der Waals surface area contributed by atoms with Gasteiger partial charge >= 0.3 is 0 Å². The maximum absolute atomic E-state index is 13.5. The van der Waals surface area contributed by atoms with Crippen molar-refractivity contribution < 1.29 is 14.0 Å². The molecule has 6 nitrogen and oxygen atoms in total. The lowest BCUT2D eigenvalue weighted by Crippen LogP contribution is -2.33. The molecule has 3 aromatic rings. The molecule has 7 heteroatoms. The van der Waals surface area contributed by atoms with Gasteiger partial charge in [0.05, 0.1) is 17.6 Å². The third kappa shape index (κ3) is 5.93. The fourth-order valence-electron chi connectivity index (χ4n) is 5.12. The van der Waals surface area contributed by atoms with Crippen molar-refractivity contribution in [2.45, 2.75) is 52.0 Å². The Bertz CT molecular complexity index is 1370. The number of halogens is 1. The van der Waals surface area contributed by atoms with E-state index < -0.39 is 0 Å². The number of hydrogen-bond donors (Lipinski definition) is 2. The lowest BCUT2D eigenvalue weighted by molar-refractivity contribution is -0.123. The highest BCUT2D eigenvalue weighted by Gasteiger charge is 2.22. The van der Waals surface area contributed by atoms with Crippen molar-refractivity contribution in [2.75, 3.05) is 6.54 Å². The molecule has 1 saturated heterocycles. The van der Waals surface area contributed by atoms with Gasteiger partial charge in [-0.25, -0.2) is 9.07 Å². The Morgan fingerprint density at radius 1 is 1.13 bits per heavy atom. The number of piperidine rings is 1. The molecular formula is C31H33FN4O2. The molecule has 2 heterocycles. The lowest BCUT2D eigenvalue weighted by Gasteiger charge is -2.21. The van der Waals surface area contributed by atoms with Gasteiger partial charge in [-0.15, -0.1) is 0 Å². The van der Waals surface area contributed by atoms with Gasteiger partial charge in [-0.05, 0) is 79.5 Å². The number of hydrogen-bond acceptors (Lipinski definition) is 3. The van der Waals surface area contributed by atoms with Crippen LogP contribution in [-0.4, -0.2) is 28.1 Å². The van der Waals surface area contributed by atoms with E-state index >= 15 is 0 Å². The Morgan fingerprint density at radius 3 is 2.63 bits per heavy atom. The number of aryl methyl sites for hydroxylation is 1. The van der Waals surface area contributed by atoms with Crippen LogP contribution in [0.15, 0.2) is 66.4 Å². The normalized spacial score (nSPS) is 17.1. The quantitative estimate of drug-likeness (QED) is 0.426.